The minimum absolute atomic E-state index is 0. The molecule has 0 saturated carbocycles. The van der Waals surface area contributed by atoms with Gasteiger partial charge < -0.3 is 15.4 Å². The molecule has 1 aromatic rings. The smallest absolute Gasteiger partial charge is 0.191 e. The van der Waals surface area contributed by atoms with Crippen LogP contribution in [-0.4, -0.2) is 32.2 Å². The quantitative estimate of drug-likeness (QED) is 0.244. The molecule has 2 N–H and O–H groups in total. The number of guanidine groups is 1. The van der Waals surface area contributed by atoms with Gasteiger partial charge in [-0.25, -0.2) is 0 Å². The summed E-state index contributed by atoms with van der Waals surface area (Å²) in [7, 11) is 1.85. The van der Waals surface area contributed by atoms with E-state index in [1.807, 2.05) is 7.05 Å². The largest absolute Gasteiger partial charge is 0.373 e. The summed E-state index contributed by atoms with van der Waals surface area (Å²) >= 11 is 0. The maximum absolute atomic E-state index is 6.09. The normalized spacial score (nSPS) is 21.6. The topological polar surface area (TPSA) is 45.7 Å². The van der Waals surface area contributed by atoms with Gasteiger partial charge in [-0.05, 0) is 31.7 Å². The van der Waals surface area contributed by atoms with E-state index in [9.17, 15) is 0 Å². The van der Waals surface area contributed by atoms with Crippen molar-refractivity contribution in [2.24, 2.45) is 10.9 Å². The van der Waals surface area contributed by atoms with Gasteiger partial charge >= 0.3 is 0 Å². The van der Waals surface area contributed by atoms with Gasteiger partial charge in [0.25, 0.3) is 0 Å². The van der Waals surface area contributed by atoms with Gasteiger partial charge in [-0.3, -0.25) is 4.99 Å². The Morgan fingerprint density at radius 3 is 2.73 bits per heavy atom. The molecule has 1 aliphatic heterocycles. The number of ether oxygens (including phenoxy) is 1. The highest BCUT2D eigenvalue weighted by Gasteiger charge is 2.27. The Balaban J connectivity index is 0.00000338. The predicted octanol–water partition coefficient (Wildman–Crippen LogP) is 4.91. The second kappa shape index (κ2) is 13.4. The standard InChI is InChI=1S/C21H35N3O.HI/c1-4-5-7-11-17(2)24-21(22-3)23-16-19-14-10-15-25-20(19)18-12-8-6-9-13-18;/h6,8-9,12-13,17,19-20H,4-5,7,10-11,14-16H2,1-3H3,(H2,22,23,24);1H. The van der Waals surface area contributed by atoms with E-state index in [1.165, 1.54) is 37.7 Å². The summed E-state index contributed by atoms with van der Waals surface area (Å²) in [6.45, 7) is 6.23. The number of halogens is 1. The third kappa shape index (κ3) is 7.82. The molecule has 0 spiro atoms. The first-order valence-corrected chi connectivity index (χ1v) is 9.88. The van der Waals surface area contributed by atoms with Crippen molar-refractivity contribution in [3.63, 3.8) is 0 Å². The van der Waals surface area contributed by atoms with E-state index < -0.39 is 0 Å². The third-order valence-electron chi connectivity index (χ3n) is 4.95. The Hall–Kier alpha value is -0.820. The molecule has 0 bridgehead atoms. The molecular formula is C21H36IN3O. The van der Waals surface area contributed by atoms with Crippen LogP contribution in [0, 0.1) is 5.92 Å². The van der Waals surface area contributed by atoms with Crippen LogP contribution < -0.4 is 10.6 Å². The molecule has 26 heavy (non-hydrogen) atoms. The van der Waals surface area contributed by atoms with Gasteiger partial charge in [0.05, 0.1) is 6.10 Å². The number of rotatable bonds is 8. The molecular weight excluding hydrogens is 437 g/mol. The van der Waals surface area contributed by atoms with E-state index in [0.29, 0.717) is 12.0 Å². The minimum Gasteiger partial charge on any atom is -0.373 e. The number of unbranched alkanes of at least 4 members (excludes halogenated alkanes) is 2. The average Bonchev–Trinajstić information content (AvgIpc) is 2.66. The summed E-state index contributed by atoms with van der Waals surface area (Å²) in [6.07, 6.45) is 7.54. The lowest BCUT2D eigenvalue weighted by Crippen LogP contribution is -2.45. The van der Waals surface area contributed by atoms with E-state index in [4.69, 9.17) is 4.74 Å². The van der Waals surface area contributed by atoms with Crippen molar-refractivity contribution < 1.29 is 4.74 Å². The summed E-state index contributed by atoms with van der Waals surface area (Å²) < 4.78 is 6.09. The van der Waals surface area contributed by atoms with Crippen LogP contribution >= 0.6 is 24.0 Å². The molecule has 148 valence electrons. The Morgan fingerprint density at radius 1 is 1.27 bits per heavy atom. The summed E-state index contributed by atoms with van der Waals surface area (Å²) in [5, 5.41) is 7.04. The van der Waals surface area contributed by atoms with Crippen molar-refractivity contribution in [1.82, 2.24) is 10.6 Å². The highest BCUT2D eigenvalue weighted by molar-refractivity contribution is 14.0. The van der Waals surface area contributed by atoms with Crippen LogP contribution in [-0.2, 0) is 4.74 Å². The zero-order valence-corrected chi connectivity index (χ0v) is 18.9. The molecule has 1 fully saturated rings. The lowest BCUT2D eigenvalue weighted by molar-refractivity contribution is -0.0265. The van der Waals surface area contributed by atoms with E-state index in [2.05, 4.69) is 59.8 Å². The molecule has 0 aromatic heterocycles. The zero-order chi connectivity index (χ0) is 17.9. The first-order chi connectivity index (χ1) is 12.2. The molecule has 1 heterocycles. The monoisotopic (exact) mass is 473 g/mol. The molecule has 1 aromatic carbocycles. The first kappa shape index (κ1) is 23.2. The SMILES string of the molecule is CCCCCC(C)NC(=NC)NCC1CCCOC1c1ccccc1.I. The number of hydrogen-bond acceptors (Lipinski definition) is 2. The predicted molar refractivity (Wildman–Crippen MR) is 121 cm³/mol. The number of aliphatic imine (C=N–C) groups is 1. The average molecular weight is 473 g/mol. The van der Waals surface area contributed by atoms with Gasteiger partial charge in [0.15, 0.2) is 5.96 Å². The van der Waals surface area contributed by atoms with Gasteiger partial charge in [0, 0.05) is 32.2 Å². The molecule has 0 aliphatic carbocycles. The lowest BCUT2D eigenvalue weighted by atomic mass is 9.89. The highest BCUT2D eigenvalue weighted by atomic mass is 127. The summed E-state index contributed by atoms with van der Waals surface area (Å²) in [6, 6.07) is 11.0. The van der Waals surface area contributed by atoms with Crippen LogP contribution in [0.1, 0.15) is 64.0 Å². The van der Waals surface area contributed by atoms with Crippen LogP contribution in [0.3, 0.4) is 0 Å². The number of hydrogen-bond donors (Lipinski definition) is 2. The van der Waals surface area contributed by atoms with Crippen LogP contribution in [0.15, 0.2) is 35.3 Å². The van der Waals surface area contributed by atoms with Gasteiger partial charge in [-0.1, -0.05) is 56.5 Å². The molecule has 2 rings (SSSR count). The van der Waals surface area contributed by atoms with Crippen LogP contribution in [0.4, 0.5) is 0 Å². The second-order valence-electron chi connectivity index (χ2n) is 7.10. The summed E-state index contributed by atoms with van der Waals surface area (Å²) in [5.74, 6) is 1.38. The van der Waals surface area contributed by atoms with Crippen molar-refractivity contribution >= 4 is 29.9 Å². The van der Waals surface area contributed by atoms with Gasteiger partial charge in [-0.2, -0.15) is 0 Å². The van der Waals surface area contributed by atoms with Crippen molar-refractivity contribution in [2.75, 3.05) is 20.2 Å². The maximum Gasteiger partial charge on any atom is 0.191 e. The fourth-order valence-corrected chi connectivity index (χ4v) is 3.49. The number of nitrogens with one attached hydrogen (secondary N) is 2. The molecule has 3 unspecified atom stereocenters. The van der Waals surface area contributed by atoms with Gasteiger partial charge in [0.2, 0.25) is 0 Å². The third-order valence-corrected chi connectivity index (χ3v) is 4.95. The van der Waals surface area contributed by atoms with E-state index in [-0.39, 0.29) is 30.1 Å². The lowest BCUT2D eigenvalue weighted by Gasteiger charge is -2.33. The molecule has 0 radical (unpaired) electrons. The van der Waals surface area contributed by atoms with Crippen molar-refractivity contribution in [2.45, 2.75) is 64.5 Å². The fourth-order valence-electron chi connectivity index (χ4n) is 3.49. The maximum atomic E-state index is 6.09. The Morgan fingerprint density at radius 2 is 2.04 bits per heavy atom. The number of nitrogens with zero attached hydrogens (tertiary/aromatic N) is 1. The Labute approximate surface area is 176 Å². The molecule has 3 atom stereocenters. The van der Waals surface area contributed by atoms with Crippen molar-refractivity contribution in [1.29, 1.82) is 0 Å². The Bertz CT molecular complexity index is 509. The molecule has 0 amide bonds. The first-order valence-electron chi connectivity index (χ1n) is 9.88. The summed E-state index contributed by atoms with van der Waals surface area (Å²) in [4.78, 5) is 4.39. The fraction of sp³-hybridized carbons (Fsp3) is 0.667. The summed E-state index contributed by atoms with van der Waals surface area (Å²) in [5.41, 5.74) is 1.28. The van der Waals surface area contributed by atoms with Crippen molar-refractivity contribution in [3.8, 4) is 0 Å². The van der Waals surface area contributed by atoms with E-state index >= 15 is 0 Å². The van der Waals surface area contributed by atoms with Gasteiger partial charge in [-0.15, -0.1) is 24.0 Å². The van der Waals surface area contributed by atoms with Crippen LogP contribution in [0.25, 0.3) is 0 Å². The minimum atomic E-state index is 0. The molecule has 5 heteroatoms. The molecule has 4 nitrogen and oxygen atoms in total. The molecule has 1 aliphatic rings. The highest BCUT2D eigenvalue weighted by Crippen LogP contribution is 2.32. The van der Waals surface area contributed by atoms with Crippen LogP contribution in [0.2, 0.25) is 0 Å². The van der Waals surface area contributed by atoms with E-state index in [0.717, 1.165) is 25.5 Å². The second-order valence-corrected chi connectivity index (χ2v) is 7.10. The number of benzene rings is 1. The van der Waals surface area contributed by atoms with E-state index in [1.54, 1.807) is 0 Å². The Kier molecular flexibility index (Phi) is 11.9. The molecule has 1 saturated heterocycles. The van der Waals surface area contributed by atoms with Gasteiger partial charge in [0.1, 0.15) is 0 Å². The zero-order valence-electron chi connectivity index (χ0n) is 16.5. The van der Waals surface area contributed by atoms with Crippen molar-refractivity contribution in [3.05, 3.63) is 35.9 Å². The van der Waals surface area contributed by atoms with Crippen LogP contribution in [0.5, 0.6) is 0 Å².